The highest BCUT2D eigenvalue weighted by atomic mass is 16.6. The van der Waals surface area contributed by atoms with Gasteiger partial charge in [0, 0.05) is 22.9 Å². The van der Waals surface area contributed by atoms with E-state index in [1.54, 1.807) is 18.2 Å². The molecular formula is C29H25N3O7. The van der Waals surface area contributed by atoms with E-state index in [0.29, 0.717) is 11.3 Å². The maximum Gasteiger partial charge on any atom is 0.311 e. The van der Waals surface area contributed by atoms with Gasteiger partial charge in [-0.3, -0.25) is 24.6 Å². The summed E-state index contributed by atoms with van der Waals surface area (Å²) in [6, 6.07) is 14.9. The fourth-order valence-corrected chi connectivity index (χ4v) is 4.56. The number of hydrogen-bond acceptors (Lipinski definition) is 8. The Morgan fingerprint density at radius 3 is 2.31 bits per heavy atom. The molecule has 0 aliphatic carbocycles. The Labute approximate surface area is 224 Å². The molecule has 39 heavy (non-hydrogen) atoms. The molecule has 0 spiro atoms. The lowest BCUT2D eigenvalue weighted by atomic mass is 9.84. The summed E-state index contributed by atoms with van der Waals surface area (Å²) in [4.78, 5) is 38.7. The van der Waals surface area contributed by atoms with Crippen molar-refractivity contribution in [1.29, 1.82) is 5.26 Å². The number of amides is 1. The van der Waals surface area contributed by atoms with E-state index in [2.05, 4.69) is 0 Å². The number of hydrogen-bond donors (Lipinski definition) is 2. The van der Waals surface area contributed by atoms with E-state index in [1.165, 1.54) is 37.4 Å². The molecular weight excluding hydrogens is 502 g/mol. The van der Waals surface area contributed by atoms with Crippen molar-refractivity contribution >= 4 is 28.8 Å². The van der Waals surface area contributed by atoms with Crippen molar-refractivity contribution in [3.63, 3.8) is 0 Å². The number of ether oxygens (including phenoxy) is 1. The number of nitro benzene ring substituents is 1. The number of phenolic OH excluding ortho intramolecular Hbond substituents is 1. The first-order chi connectivity index (χ1) is 18.4. The maximum absolute atomic E-state index is 13.4. The van der Waals surface area contributed by atoms with Crippen molar-refractivity contribution in [3.05, 3.63) is 98.6 Å². The summed E-state index contributed by atoms with van der Waals surface area (Å²) in [6.45, 7) is 5.86. The Hall–Kier alpha value is -5.17. The van der Waals surface area contributed by atoms with Crippen LogP contribution in [0.4, 0.5) is 11.4 Å². The van der Waals surface area contributed by atoms with Crippen LogP contribution in [0.5, 0.6) is 11.5 Å². The molecule has 0 radical (unpaired) electrons. The first-order valence-electron chi connectivity index (χ1n) is 11.9. The normalized spacial score (nSPS) is 16.7. The zero-order valence-corrected chi connectivity index (χ0v) is 21.6. The Morgan fingerprint density at radius 2 is 1.74 bits per heavy atom. The molecule has 10 heteroatoms. The summed E-state index contributed by atoms with van der Waals surface area (Å²) >= 11 is 0. The molecule has 1 aliphatic rings. The van der Waals surface area contributed by atoms with Crippen LogP contribution in [0.15, 0.2) is 66.2 Å². The molecule has 1 aliphatic heterocycles. The summed E-state index contributed by atoms with van der Waals surface area (Å²) in [5.74, 6) is -2.46. The first kappa shape index (κ1) is 26.9. The van der Waals surface area contributed by atoms with Gasteiger partial charge in [-0.25, -0.2) is 0 Å². The van der Waals surface area contributed by atoms with Gasteiger partial charge in [-0.1, -0.05) is 26.8 Å². The van der Waals surface area contributed by atoms with Crippen molar-refractivity contribution in [3.8, 4) is 17.6 Å². The molecule has 0 saturated carbocycles. The van der Waals surface area contributed by atoms with Gasteiger partial charge in [-0.15, -0.1) is 0 Å². The Morgan fingerprint density at radius 1 is 1.08 bits per heavy atom. The molecule has 1 amide bonds. The number of ketones is 1. The monoisotopic (exact) mass is 527 g/mol. The van der Waals surface area contributed by atoms with Crippen LogP contribution in [0.2, 0.25) is 0 Å². The molecule has 1 unspecified atom stereocenters. The lowest BCUT2D eigenvalue weighted by Crippen LogP contribution is -2.29. The average molecular weight is 528 g/mol. The number of aromatic hydroxyl groups is 1. The highest BCUT2D eigenvalue weighted by Crippen LogP contribution is 2.44. The summed E-state index contributed by atoms with van der Waals surface area (Å²) in [7, 11) is 1.52. The summed E-state index contributed by atoms with van der Waals surface area (Å²) in [6.07, 6.45) is 0. The van der Waals surface area contributed by atoms with E-state index in [4.69, 9.17) is 10.00 Å². The number of rotatable bonds is 5. The number of phenols is 1. The highest BCUT2D eigenvalue weighted by Gasteiger charge is 2.47. The second kappa shape index (κ2) is 9.95. The van der Waals surface area contributed by atoms with E-state index in [9.17, 15) is 29.9 Å². The lowest BCUT2D eigenvalue weighted by Gasteiger charge is -2.26. The van der Waals surface area contributed by atoms with Gasteiger partial charge < -0.3 is 14.9 Å². The first-order valence-corrected chi connectivity index (χ1v) is 11.9. The Kier molecular flexibility index (Phi) is 6.86. The number of carbonyl (C=O) groups excluding carboxylic acids is 2. The van der Waals surface area contributed by atoms with Gasteiger partial charge in [0.05, 0.1) is 35.3 Å². The summed E-state index contributed by atoms with van der Waals surface area (Å²) in [5.41, 5.74) is 0.360. The zero-order chi connectivity index (χ0) is 28.6. The number of benzene rings is 3. The van der Waals surface area contributed by atoms with E-state index < -0.39 is 45.3 Å². The van der Waals surface area contributed by atoms with Gasteiger partial charge >= 0.3 is 5.69 Å². The number of aliphatic hydroxyl groups is 1. The number of nitro groups is 1. The molecule has 0 bridgehead atoms. The lowest BCUT2D eigenvalue weighted by molar-refractivity contribution is -0.385. The SMILES string of the molecule is COc1ccc(/C(O)=C2/C(=O)C(=O)N(c3ccc(C#N)cc3)C2c2ccc(O)c([N+](=O)[O-])c2)cc1C(C)(C)C. The Balaban J connectivity index is 2.00. The molecule has 2 N–H and O–H groups in total. The number of Topliss-reactive ketones (excluding diaryl/α,β-unsaturated/α-hetero) is 1. The molecule has 1 atom stereocenters. The van der Waals surface area contributed by atoms with E-state index in [-0.39, 0.29) is 22.4 Å². The quantitative estimate of drug-likeness (QED) is 0.153. The average Bonchev–Trinajstić information content (AvgIpc) is 3.17. The fraction of sp³-hybridized carbons (Fsp3) is 0.207. The second-order valence-corrected chi connectivity index (χ2v) is 10.00. The van der Waals surface area contributed by atoms with Crippen LogP contribution in [0.3, 0.4) is 0 Å². The van der Waals surface area contributed by atoms with Gasteiger partial charge in [0.15, 0.2) is 5.75 Å². The number of methoxy groups -OCH3 is 1. The van der Waals surface area contributed by atoms with Gasteiger partial charge in [-0.05, 0) is 59.5 Å². The molecule has 10 nitrogen and oxygen atoms in total. The van der Waals surface area contributed by atoms with Gasteiger partial charge in [0.1, 0.15) is 11.5 Å². The molecule has 3 aromatic rings. The standard InChI is InChI=1S/C29H25N3O7/c1-29(2,3)20-13-18(8-12-23(20)39-4)26(34)24-25(17-7-11-22(33)21(14-17)32(37)38)31(28(36)27(24)35)19-9-5-16(15-30)6-10-19/h5-14,25,33-34H,1-4H3/b26-24-. The minimum absolute atomic E-state index is 0.120. The van der Waals surface area contributed by atoms with Crippen molar-refractivity contribution in [2.75, 3.05) is 12.0 Å². The van der Waals surface area contributed by atoms with Crippen LogP contribution in [-0.2, 0) is 15.0 Å². The van der Waals surface area contributed by atoms with Gasteiger partial charge in [0.2, 0.25) is 0 Å². The van der Waals surface area contributed by atoms with E-state index in [1.807, 2.05) is 26.8 Å². The van der Waals surface area contributed by atoms with Crippen LogP contribution in [0.25, 0.3) is 5.76 Å². The smallest absolute Gasteiger partial charge is 0.311 e. The molecule has 4 rings (SSSR count). The largest absolute Gasteiger partial charge is 0.507 e. The number of anilines is 1. The molecule has 1 heterocycles. The highest BCUT2D eigenvalue weighted by molar-refractivity contribution is 6.51. The fourth-order valence-electron chi connectivity index (χ4n) is 4.56. The summed E-state index contributed by atoms with van der Waals surface area (Å²) < 4.78 is 5.46. The molecule has 0 aromatic heterocycles. The molecule has 1 saturated heterocycles. The number of carbonyl (C=O) groups is 2. The van der Waals surface area contributed by atoms with Crippen LogP contribution in [0, 0.1) is 21.4 Å². The van der Waals surface area contributed by atoms with Gasteiger partial charge in [-0.2, -0.15) is 5.26 Å². The third-order valence-corrected chi connectivity index (χ3v) is 6.51. The number of nitriles is 1. The third-order valence-electron chi connectivity index (χ3n) is 6.51. The predicted molar refractivity (Wildman–Crippen MR) is 142 cm³/mol. The van der Waals surface area contributed by atoms with Crippen molar-refractivity contribution in [2.45, 2.75) is 32.2 Å². The molecule has 198 valence electrons. The number of aliphatic hydroxyl groups excluding tert-OH is 1. The van der Waals surface area contributed by atoms with Crippen molar-refractivity contribution < 1.29 is 29.5 Å². The second-order valence-electron chi connectivity index (χ2n) is 10.00. The zero-order valence-electron chi connectivity index (χ0n) is 21.6. The Bertz CT molecular complexity index is 1580. The van der Waals surface area contributed by atoms with Crippen LogP contribution < -0.4 is 9.64 Å². The minimum Gasteiger partial charge on any atom is -0.507 e. The number of nitrogens with zero attached hydrogens (tertiary/aromatic N) is 3. The van der Waals surface area contributed by atoms with Crippen LogP contribution >= 0.6 is 0 Å². The molecule has 1 fully saturated rings. The van der Waals surface area contributed by atoms with E-state index >= 15 is 0 Å². The maximum atomic E-state index is 13.4. The minimum atomic E-state index is -1.27. The van der Waals surface area contributed by atoms with Crippen molar-refractivity contribution in [1.82, 2.24) is 0 Å². The van der Waals surface area contributed by atoms with Crippen LogP contribution in [-0.4, -0.2) is 33.9 Å². The van der Waals surface area contributed by atoms with Crippen LogP contribution in [0.1, 0.15) is 49.1 Å². The van der Waals surface area contributed by atoms with Crippen molar-refractivity contribution in [2.24, 2.45) is 0 Å². The topological polar surface area (TPSA) is 154 Å². The van der Waals surface area contributed by atoms with Gasteiger partial charge in [0.25, 0.3) is 11.7 Å². The van der Waals surface area contributed by atoms with E-state index in [0.717, 1.165) is 22.6 Å². The third kappa shape index (κ3) is 4.78. The summed E-state index contributed by atoms with van der Waals surface area (Å²) in [5, 5.41) is 42.2. The predicted octanol–water partition coefficient (Wildman–Crippen LogP) is 5.10. The molecule has 3 aromatic carbocycles.